The van der Waals surface area contributed by atoms with Gasteiger partial charge in [-0.15, -0.1) is 0 Å². The molecule has 0 saturated carbocycles. The molecule has 1 saturated heterocycles. The molecule has 1 N–H and O–H groups in total. The van der Waals surface area contributed by atoms with E-state index in [2.05, 4.69) is 5.32 Å². The number of halogens is 1. The van der Waals surface area contributed by atoms with Crippen molar-refractivity contribution in [3.8, 4) is 11.1 Å². The smallest absolute Gasteiger partial charge is 0.251 e. The van der Waals surface area contributed by atoms with Crippen molar-refractivity contribution in [2.24, 2.45) is 0 Å². The third-order valence-electron chi connectivity index (χ3n) is 4.42. The van der Waals surface area contributed by atoms with Gasteiger partial charge in [-0.2, -0.15) is 0 Å². The third kappa shape index (κ3) is 6.39. The number of sulfone groups is 1. The van der Waals surface area contributed by atoms with Crippen molar-refractivity contribution in [3.05, 3.63) is 59.9 Å². The second-order valence-electron chi connectivity index (χ2n) is 6.30. The van der Waals surface area contributed by atoms with Gasteiger partial charge < -0.3 is 10.2 Å². The van der Waals surface area contributed by atoms with Gasteiger partial charge in [0, 0.05) is 18.7 Å². The molecule has 3 rings (SSSR count). The molecule has 0 spiro atoms. The summed E-state index contributed by atoms with van der Waals surface area (Å²) >= 11 is 0. The maximum atomic E-state index is 13.0. The zero-order chi connectivity index (χ0) is 21.4. The third-order valence-corrected chi connectivity index (χ3v) is 6.03. The van der Waals surface area contributed by atoms with Crippen molar-refractivity contribution >= 4 is 21.7 Å². The molecule has 1 fully saturated rings. The Hall–Kier alpha value is -2.74. The number of carbonyl (C=O) groups excluding carboxylic acids is 2. The number of nitrogens with zero attached hydrogens (tertiary/aromatic N) is 1. The summed E-state index contributed by atoms with van der Waals surface area (Å²) in [5, 5.41) is 2.55. The van der Waals surface area contributed by atoms with Crippen LogP contribution in [-0.2, 0) is 14.6 Å². The fourth-order valence-electron chi connectivity index (χ4n) is 2.79. The van der Waals surface area contributed by atoms with Crippen LogP contribution in [0.5, 0.6) is 0 Å². The summed E-state index contributed by atoms with van der Waals surface area (Å²) in [5.41, 5.74) is 2.07. The minimum absolute atomic E-state index is 0.0441. The van der Waals surface area contributed by atoms with Gasteiger partial charge in [-0.1, -0.05) is 38.1 Å². The number of benzene rings is 2. The minimum atomic E-state index is -3.05. The highest BCUT2D eigenvalue weighted by Crippen LogP contribution is 2.20. The molecule has 0 atom stereocenters. The van der Waals surface area contributed by atoms with Crippen LogP contribution in [0.2, 0.25) is 0 Å². The Kier molecular flexibility index (Phi) is 7.90. The molecule has 1 aliphatic rings. The van der Waals surface area contributed by atoms with Crippen LogP contribution >= 0.6 is 0 Å². The number of hydrogen-bond donors (Lipinski definition) is 1. The summed E-state index contributed by atoms with van der Waals surface area (Å²) in [5.74, 6) is -1.10. The highest BCUT2D eigenvalue weighted by molar-refractivity contribution is 7.91. The zero-order valence-corrected chi connectivity index (χ0v) is 17.3. The van der Waals surface area contributed by atoms with Gasteiger partial charge in [-0.05, 0) is 35.4 Å². The maximum Gasteiger partial charge on any atom is 0.251 e. The Labute approximate surface area is 170 Å². The van der Waals surface area contributed by atoms with Crippen molar-refractivity contribution in [1.82, 2.24) is 10.2 Å². The van der Waals surface area contributed by atoms with Crippen LogP contribution in [0, 0.1) is 5.82 Å². The van der Waals surface area contributed by atoms with Crippen LogP contribution in [0.3, 0.4) is 0 Å². The Morgan fingerprint density at radius 1 is 0.931 bits per heavy atom. The first kappa shape index (κ1) is 22.5. The van der Waals surface area contributed by atoms with Crippen LogP contribution < -0.4 is 5.32 Å². The molecule has 1 heterocycles. The first-order chi connectivity index (χ1) is 13.8. The van der Waals surface area contributed by atoms with E-state index in [9.17, 15) is 22.4 Å². The van der Waals surface area contributed by atoms with E-state index in [1.807, 2.05) is 13.8 Å². The predicted octanol–water partition coefficient (Wildman–Crippen LogP) is 2.51. The molecule has 1 aliphatic heterocycles. The summed E-state index contributed by atoms with van der Waals surface area (Å²) in [6.07, 6.45) is 0. The Morgan fingerprint density at radius 2 is 1.41 bits per heavy atom. The lowest BCUT2D eigenvalue weighted by atomic mass is 10.0. The van der Waals surface area contributed by atoms with E-state index in [1.54, 1.807) is 36.4 Å². The van der Waals surface area contributed by atoms with Gasteiger partial charge in [0.05, 0.1) is 18.1 Å². The van der Waals surface area contributed by atoms with Crippen molar-refractivity contribution in [2.75, 3.05) is 31.1 Å². The van der Waals surface area contributed by atoms with Crippen LogP contribution in [0.15, 0.2) is 48.5 Å². The number of rotatable bonds is 4. The van der Waals surface area contributed by atoms with Gasteiger partial charge in [0.15, 0.2) is 9.84 Å². The van der Waals surface area contributed by atoms with E-state index >= 15 is 0 Å². The molecule has 0 aromatic heterocycles. The van der Waals surface area contributed by atoms with E-state index in [4.69, 9.17) is 0 Å². The molecular formula is C21H25FN2O4S. The number of nitrogens with one attached hydrogen (secondary N) is 1. The standard InChI is InChI=1S/C19H19FN2O4S.C2H6/c20-17-7-5-15(6-8-17)14-1-3-16(4-2-14)19(24)21-13-18(23)22-9-11-27(25,26)12-10-22;1-2/h1-8H,9-13H2,(H,21,24);1-2H3. The van der Waals surface area contributed by atoms with E-state index < -0.39 is 15.7 Å². The van der Waals surface area contributed by atoms with E-state index in [0.29, 0.717) is 5.56 Å². The monoisotopic (exact) mass is 420 g/mol. The average Bonchev–Trinajstić information content (AvgIpc) is 2.74. The van der Waals surface area contributed by atoms with Gasteiger partial charge in [0.1, 0.15) is 5.82 Å². The summed E-state index contributed by atoms with van der Waals surface area (Å²) in [4.78, 5) is 25.7. The molecule has 0 bridgehead atoms. The molecule has 0 aliphatic carbocycles. The normalized spacial score (nSPS) is 15.1. The highest BCUT2D eigenvalue weighted by atomic mass is 32.2. The summed E-state index contributed by atoms with van der Waals surface area (Å²) in [6, 6.07) is 12.8. The van der Waals surface area contributed by atoms with Gasteiger partial charge in [-0.25, -0.2) is 12.8 Å². The summed E-state index contributed by atoms with van der Waals surface area (Å²) < 4.78 is 35.8. The van der Waals surface area contributed by atoms with Crippen molar-refractivity contribution in [2.45, 2.75) is 13.8 Å². The first-order valence-corrected chi connectivity index (χ1v) is 11.3. The molecule has 29 heavy (non-hydrogen) atoms. The molecule has 156 valence electrons. The van der Waals surface area contributed by atoms with E-state index in [-0.39, 0.29) is 42.9 Å². The Bertz CT molecular complexity index is 928. The molecule has 2 aromatic rings. The van der Waals surface area contributed by atoms with Gasteiger partial charge >= 0.3 is 0 Å². The maximum absolute atomic E-state index is 13.0. The van der Waals surface area contributed by atoms with E-state index in [0.717, 1.165) is 11.1 Å². The second-order valence-corrected chi connectivity index (χ2v) is 8.60. The topological polar surface area (TPSA) is 83.6 Å². The summed E-state index contributed by atoms with van der Waals surface area (Å²) in [7, 11) is -3.05. The lowest BCUT2D eigenvalue weighted by molar-refractivity contribution is -0.129. The molecule has 0 radical (unpaired) electrons. The fraction of sp³-hybridized carbons (Fsp3) is 0.333. The van der Waals surface area contributed by atoms with Gasteiger partial charge in [0.2, 0.25) is 5.91 Å². The Balaban J connectivity index is 0.00000145. The summed E-state index contributed by atoms with van der Waals surface area (Å²) in [6.45, 7) is 4.13. The largest absolute Gasteiger partial charge is 0.343 e. The average molecular weight is 421 g/mol. The van der Waals surface area contributed by atoms with Crippen molar-refractivity contribution in [1.29, 1.82) is 0 Å². The molecular weight excluding hydrogens is 395 g/mol. The number of amides is 2. The van der Waals surface area contributed by atoms with Crippen LogP contribution in [0.25, 0.3) is 11.1 Å². The molecule has 6 nitrogen and oxygen atoms in total. The molecule has 8 heteroatoms. The highest BCUT2D eigenvalue weighted by Gasteiger charge is 2.25. The number of carbonyl (C=O) groups is 2. The lowest BCUT2D eigenvalue weighted by Gasteiger charge is -2.26. The minimum Gasteiger partial charge on any atom is -0.343 e. The number of hydrogen-bond acceptors (Lipinski definition) is 4. The first-order valence-electron chi connectivity index (χ1n) is 9.46. The zero-order valence-electron chi connectivity index (χ0n) is 16.5. The SMILES string of the molecule is CC.O=C(NCC(=O)N1CCS(=O)(=O)CC1)c1ccc(-c2ccc(F)cc2)cc1. The lowest BCUT2D eigenvalue weighted by Crippen LogP contribution is -2.47. The van der Waals surface area contributed by atoms with Gasteiger partial charge in [0.25, 0.3) is 5.91 Å². The van der Waals surface area contributed by atoms with Crippen molar-refractivity contribution in [3.63, 3.8) is 0 Å². The molecule has 0 unspecified atom stereocenters. The second kappa shape index (κ2) is 10.2. The molecule has 2 aromatic carbocycles. The molecule has 2 amide bonds. The quantitative estimate of drug-likeness (QED) is 0.824. The van der Waals surface area contributed by atoms with Crippen molar-refractivity contribution < 1.29 is 22.4 Å². The Morgan fingerprint density at radius 3 is 1.93 bits per heavy atom. The van der Waals surface area contributed by atoms with E-state index in [1.165, 1.54) is 17.0 Å². The van der Waals surface area contributed by atoms with Crippen LogP contribution in [0.4, 0.5) is 4.39 Å². The predicted molar refractivity (Wildman–Crippen MR) is 111 cm³/mol. The van der Waals surface area contributed by atoms with Gasteiger partial charge in [-0.3, -0.25) is 9.59 Å². The van der Waals surface area contributed by atoms with Crippen LogP contribution in [0.1, 0.15) is 24.2 Å². The van der Waals surface area contributed by atoms with Crippen LogP contribution in [-0.4, -0.2) is 56.3 Å². The fourth-order valence-corrected chi connectivity index (χ4v) is 3.99.